The Hall–Kier alpha value is -3.35. The van der Waals surface area contributed by atoms with Gasteiger partial charge in [0, 0.05) is 6.54 Å². The summed E-state index contributed by atoms with van der Waals surface area (Å²) in [6.45, 7) is 5.12. The zero-order chi connectivity index (χ0) is 18.8. The van der Waals surface area contributed by atoms with Gasteiger partial charge in [0.2, 0.25) is 5.78 Å². The van der Waals surface area contributed by atoms with Gasteiger partial charge in [-0.2, -0.15) is 0 Å². The molecule has 0 fully saturated rings. The number of aromatic nitrogens is 4. The van der Waals surface area contributed by atoms with E-state index in [4.69, 9.17) is 9.47 Å². The van der Waals surface area contributed by atoms with Crippen molar-refractivity contribution in [2.75, 3.05) is 6.61 Å². The minimum Gasteiger partial charge on any atom is -0.490 e. The minimum atomic E-state index is -0.0674. The number of rotatable bonds is 6. The van der Waals surface area contributed by atoms with Crippen molar-refractivity contribution in [2.45, 2.75) is 27.0 Å². The van der Waals surface area contributed by atoms with Crippen LogP contribution in [-0.4, -0.2) is 25.8 Å². The molecule has 0 bridgehead atoms. The van der Waals surface area contributed by atoms with Crippen molar-refractivity contribution in [1.82, 2.24) is 19.2 Å². The molecule has 0 saturated carbocycles. The van der Waals surface area contributed by atoms with Crippen molar-refractivity contribution < 1.29 is 9.47 Å². The molecule has 27 heavy (non-hydrogen) atoms. The highest BCUT2D eigenvalue weighted by Crippen LogP contribution is 2.27. The molecule has 2 aromatic carbocycles. The second-order valence-electron chi connectivity index (χ2n) is 5.99. The third kappa shape index (κ3) is 2.91. The van der Waals surface area contributed by atoms with E-state index in [1.54, 1.807) is 4.57 Å². The number of hydrogen-bond donors (Lipinski definition) is 0. The Morgan fingerprint density at radius 2 is 1.63 bits per heavy atom. The van der Waals surface area contributed by atoms with Gasteiger partial charge >= 0.3 is 0 Å². The highest BCUT2D eigenvalue weighted by atomic mass is 16.5. The van der Waals surface area contributed by atoms with Gasteiger partial charge in [0.1, 0.15) is 6.61 Å². The summed E-state index contributed by atoms with van der Waals surface area (Å²) >= 11 is 0. The van der Waals surface area contributed by atoms with E-state index in [9.17, 15) is 4.79 Å². The SMILES string of the molecule is CCOc1ccccc1OCc1nnc2n(CC)c(=O)c3ccccc3n12. The zero-order valence-corrected chi connectivity index (χ0v) is 15.3. The van der Waals surface area contributed by atoms with Crippen LogP contribution in [0.5, 0.6) is 11.5 Å². The van der Waals surface area contributed by atoms with E-state index < -0.39 is 0 Å². The number of hydrogen-bond acceptors (Lipinski definition) is 5. The molecule has 2 aromatic heterocycles. The predicted octanol–water partition coefficient (Wildman–Crippen LogP) is 3.04. The number of ether oxygens (including phenoxy) is 2. The molecule has 2 heterocycles. The summed E-state index contributed by atoms with van der Waals surface area (Å²) in [5.41, 5.74) is 0.700. The maximum atomic E-state index is 12.7. The molecule has 0 aliphatic heterocycles. The fraction of sp³-hybridized carbons (Fsp3) is 0.250. The molecule has 0 aliphatic carbocycles. The molecule has 0 N–H and O–H groups in total. The number of para-hydroxylation sites is 3. The molecule has 138 valence electrons. The average Bonchev–Trinajstić information content (AvgIpc) is 3.12. The summed E-state index contributed by atoms with van der Waals surface area (Å²) in [6, 6.07) is 15.0. The third-order valence-corrected chi connectivity index (χ3v) is 4.40. The van der Waals surface area contributed by atoms with Crippen LogP contribution in [0, 0.1) is 0 Å². The van der Waals surface area contributed by atoms with E-state index in [0.717, 1.165) is 5.52 Å². The van der Waals surface area contributed by atoms with E-state index in [1.165, 1.54) is 0 Å². The lowest BCUT2D eigenvalue weighted by Gasteiger charge is -2.12. The number of aryl methyl sites for hydroxylation is 1. The Balaban J connectivity index is 1.80. The molecule has 4 rings (SSSR count). The maximum Gasteiger partial charge on any atom is 0.262 e. The minimum absolute atomic E-state index is 0.0674. The van der Waals surface area contributed by atoms with Crippen LogP contribution in [0.25, 0.3) is 16.7 Å². The van der Waals surface area contributed by atoms with Gasteiger partial charge in [-0.15, -0.1) is 10.2 Å². The van der Waals surface area contributed by atoms with Gasteiger partial charge in [0.25, 0.3) is 5.56 Å². The van der Waals surface area contributed by atoms with Gasteiger partial charge in [-0.25, -0.2) is 0 Å². The van der Waals surface area contributed by atoms with Gasteiger partial charge < -0.3 is 9.47 Å². The van der Waals surface area contributed by atoms with Gasteiger partial charge in [-0.05, 0) is 38.1 Å². The molecule has 0 radical (unpaired) electrons. The summed E-state index contributed by atoms with van der Waals surface area (Å²) in [4.78, 5) is 12.7. The fourth-order valence-corrected chi connectivity index (χ4v) is 3.18. The van der Waals surface area contributed by atoms with Crippen LogP contribution in [0.15, 0.2) is 53.3 Å². The molecule has 0 saturated heterocycles. The molecule has 0 atom stereocenters. The van der Waals surface area contributed by atoms with Crippen LogP contribution in [0.4, 0.5) is 0 Å². The van der Waals surface area contributed by atoms with Gasteiger partial charge in [-0.1, -0.05) is 24.3 Å². The van der Waals surface area contributed by atoms with Crippen LogP contribution >= 0.6 is 0 Å². The second kappa shape index (κ2) is 7.11. The summed E-state index contributed by atoms with van der Waals surface area (Å²) in [5.74, 6) is 2.46. The third-order valence-electron chi connectivity index (χ3n) is 4.40. The molecule has 0 unspecified atom stereocenters. The first kappa shape index (κ1) is 17.1. The Bertz CT molecular complexity index is 1160. The standard InChI is InChI=1S/C20H20N4O3/c1-3-23-19(25)14-9-5-6-10-15(14)24-18(21-22-20(23)24)13-27-17-12-8-7-11-16(17)26-4-2/h5-12H,3-4,13H2,1-2H3. The number of nitrogens with zero attached hydrogens (tertiary/aromatic N) is 4. The van der Waals surface area contributed by atoms with Crippen molar-refractivity contribution in [3.05, 3.63) is 64.7 Å². The first-order chi connectivity index (χ1) is 13.2. The number of fused-ring (bicyclic) bond motifs is 3. The highest BCUT2D eigenvalue weighted by molar-refractivity contribution is 5.80. The van der Waals surface area contributed by atoms with Crippen LogP contribution in [0.1, 0.15) is 19.7 Å². The molecule has 0 spiro atoms. The molecular weight excluding hydrogens is 344 g/mol. The fourth-order valence-electron chi connectivity index (χ4n) is 3.18. The van der Waals surface area contributed by atoms with Gasteiger partial charge in [0.15, 0.2) is 17.3 Å². The van der Waals surface area contributed by atoms with E-state index in [0.29, 0.717) is 41.6 Å². The Morgan fingerprint density at radius 3 is 2.37 bits per heavy atom. The Kier molecular flexibility index (Phi) is 4.50. The van der Waals surface area contributed by atoms with Crippen LogP contribution in [0.2, 0.25) is 0 Å². The smallest absolute Gasteiger partial charge is 0.262 e. The van der Waals surface area contributed by atoms with Crippen LogP contribution in [-0.2, 0) is 13.2 Å². The molecular formula is C20H20N4O3. The summed E-state index contributed by atoms with van der Waals surface area (Å²) in [5, 5.41) is 9.14. The lowest BCUT2D eigenvalue weighted by Crippen LogP contribution is -2.22. The largest absolute Gasteiger partial charge is 0.490 e. The van der Waals surface area contributed by atoms with Crippen molar-refractivity contribution in [1.29, 1.82) is 0 Å². The molecule has 7 nitrogen and oxygen atoms in total. The Labute approximate surface area is 155 Å². The molecule has 0 amide bonds. The number of benzene rings is 2. The molecule has 4 aromatic rings. The van der Waals surface area contributed by atoms with E-state index in [-0.39, 0.29) is 12.2 Å². The topological polar surface area (TPSA) is 70.7 Å². The van der Waals surface area contributed by atoms with Crippen molar-refractivity contribution in [2.24, 2.45) is 0 Å². The van der Waals surface area contributed by atoms with Crippen LogP contribution in [0.3, 0.4) is 0 Å². The lowest BCUT2D eigenvalue weighted by molar-refractivity contribution is 0.262. The van der Waals surface area contributed by atoms with Gasteiger partial charge in [-0.3, -0.25) is 13.8 Å². The second-order valence-corrected chi connectivity index (χ2v) is 5.99. The summed E-state index contributed by atoms with van der Waals surface area (Å²) < 4.78 is 15.1. The van der Waals surface area contributed by atoms with Crippen LogP contribution < -0.4 is 15.0 Å². The maximum absolute atomic E-state index is 12.7. The van der Waals surface area contributed by atoms with Crippen molar-refractivity contribution in [3.63, 3.8) is 0 Å². The normalized spacial score (nSPS) is 11.2. The van der Waals surface area contributed by atoms with Crippen molar-refractivity contribution >= 4 is 16.7 Å². The summed E-state index contributed by atoms with van der Waals surface area (Å²) in [6.07, 6.45) is 0. The monoisotopic (exact) mass is 364 g/mol. The predicted molar refractivity (Wildman–Crippen MR) is 102 cm³/mol. The lowest BCUT2D eigenvalue weighted by atomic mass is 10.2. The highest BCUT2D eigenvalue weighted by Gasteiger charge is 2.16. The first-order valence-corrected chi connectivity index (χ1v) is 8.94. The first-order valence-electron chi connectivity index (χ1n) is 8.94. The van der Waals surface area contributed by atoms with Crippen molar-refractivity contribution in [3.8, 4) is 11.5 Å². The Morgan fingerprint density at radius 1 is 0.926 bits per heavy atom. The summed E-state index contributed by atoms with van der Waals surface area (Å²) in [7, 11) is 0. The quantitative estimate of drug-likeness (QED) is 0.526. The zero-order valence-electron chi connectivity index (χ0n) is 15.3. The molecule has 7 heteroatoms. The van der Waals surface area contributed by atoms with E-state index >= 15 is 0 Å². The van der Waals surface area contributed by atoms with Gasteiger partial charge in [0.05, 0.1) is 17.5 Å². The average molecular weight is 364 g/mol. The molecule has 0 aliphatic rings. The van der Waals surface area contributed by atoms with E-state index in [2.05, 4.69) is 10.2 Å². The van der Waals surface area contributed by atoms with E-state index in [1.807, 2.05) is 66.8 Å².